The van der Waals surface area contributed by atoms with E-state index in [4.69, 9.17) is 9.31 Å². The fourth-order valence-electron chi connectivity index (χ4n) is 13.3. The average molecular weight is 701 g/mol. The van der Waals surface area contributed by atoms with Gasteiger partial charge in [-0.1, -0.05) is 206 Å². The van der Waals surface area contributed by atoms with Crippen LogP contribution in [-0.4, -0.2) is 13.8 Å². The van der Waals surface area contributed by atoms with Gasteiger partial charge in [-0.2, -0.15) is 0 Å². The third-order valence-corrected chi connectivity index (χ3v) is 16.4. The zero-order chi connectivity index (χ0) is 36.6. The van der Waals surface area contributed by atoms with Crippen molar-refractivity contribution in [3.05, 3.63) is 156 Å². The summed E-state index contributed by atoms with van der Waals surface area (Å²) in [4.78, 5) is 0. The number of allylic oxidation sites excluding steroid dienone is 1. The second kappa shape index (κ2) is 13.2. The van der Waals surface area contributed by atoms with E-state index in [0.29, 0.717) is 17.5 Å². The molecule has 2 nitrogen and oxygen atoms in total. The standard InChI is InChI=1S/C49H58B2O2/c1-34-42-30-40(46(42,3)4)32-44(34)50(45-33-41-31-43(35(45)2)47(41,5)6)28-19-29-51-52-48(36-20-11-7-12-21-36,37-22-13-8-14-23-37)49(53-51,38-24-15-9-16-25-38)39-26-17-10-18-27-39/h7-27,29,34-35,40-45H,28,30-33H2,1-6H3/b29-19-/t34-,35-,40+,41+,42-,43-,44-,45-/m1/s1. The summed E-state index contributed by atoms with van der Waals surface area (Å²) in [7, 11) is -0.538. The molecule has 0 radical (unpaired) electrons. The van der Waals surface area contributed by atoms with Crippen molar-refractivity contribution in [1.29, 1.82) is 0 Å². The van der Waals surface area contributed by atoms with Gasteiger partial charge in [0.25, 0.3) is 0 Å². The molecule has 7 aliphatic rings. The molecule has 11 rings (SSSR count). The van der Waals surface area contributed by atoms with Gasteiger partial charge in [-0.3, -0.25) is 0 Å². The van der Waals surface area contributed by atoms with Crippen molar-refractivity contribution < 1.29 is 9.31 Å². The van der Waals surface area contributed by atoms with Crippen LogP contribution in [0.2, 0.25) is 18.0 Å². The zero-order valence-electron chi connectivity index (χ0n) is 32.8. The molecule has 0 N–H and O–H groups in total. The Morgan fingerprint density at radius 3 is 1.19 bits per heavy atom. The Kier molecular flexibility index (Phi) is 8.78. The van der Waals surface area contributed by atoms with Crippen LogP contribution in [0.1, 0.15) is 89.5 Å². The molecule has 0 spiro atoms. The maximum absolute atomic E-state index is 7.55. The largest absolute Gasteiger partial charge is 0.487 e. The third kappa shape index (κ3) is 5.28. The normalized spacial score (nSPS) is 32.8. The molecule has 4 aromatic rings. The second-order valence-electron chi connectivity index (χ2n) is 19.0. The molecule has 272 valence electrons. The van der Waals surface area contributed by atoms with Gasteiger partial charge in [-0.15, -0.1) is 0 Å². The van der Waals surface area contributed by atoms with E-state index in [1.54, 1.807) is 0 Å². The van der Waals surface area contributed by atoms with Gasteiger partial charge >= 0.3 is 7.12 Å². The van der Waals surface area contributed by atoms with Crippen LogP contribution in [-0.2, 0) is 20.5 Å². The first-order chi connectivity index (χ1) is 25.6. The van der Waals surface area contributed by atoms with Crippen LogP contribution >= 0.6 is 0 Å². The minimum Gasteiger partial charge on any atom is -0.390 e. The lowest BCUT2D eigenvalue weighted by atomic mass is 9.20. The van der Waals surface area contributed by atoms with Gasteiger partial charge in [0.1, 0.15) is 11.2 Å². The highest BCUT2D eigenvalue weighted by molar-refractivity contribution is 6.63. The molecule has 1 aliphatic heterocycles. The highest BCUT2D eigenvalue weighted by Crippen LogP contribution is 2.70. The van der Waals surface area contributed by atoms with Crippen LogP contribution in [0.5, 0.6) is 0 Å². The predicted octanol–water partition coefficient (Wildman–Crippen LogP) is 12.1. The van der Waals surface area contributed by atoms with Gasteiger partial charge in [-0.25, -0.2) is 0 Å². The van der Waals surface area contributed by atoms with E-state index in [-0.39, 0.29) is 0 Å². The minimum absolute atomic E-state index is 0.501. The Morgan fingerprint density at radius 2 is 0.887 bits per heavy atom. The third-order valence-electron chi connectivity index (χ3n) is 16.4. The summed E-state index contributed by atoms with van der Waals surface area (Å²) in [5, 5.41) is 0. The number of fused-ring (bicyclic) bond motifs is 4. The van der Waals surface area contributed by atoms with E-state index in [1.807, 2.05) is 0 Å². The average Bonchev–Trinajstić information content (AvgIpc) is 3.55. The number of hydrogen-bond acceptors (Lipinski definition) is 2. The van der Waals surface area contributed by atoms with E-state index >= 15 is 0 Å². The first-order valence-electron chi connectivity index (χ1n) is 20.8. The summed E-state index contributed by atoms with van der Waals surface area (Å²) in [6.45, 7) is 16.2. The Balaban J connectivity index is 1.12. The lowest BCUT2D eigenvalue weighted by Crippen LogP contribution is -2.59. The lowest BCUT2D eigenvalue weighted by Gasteiger charge is -2.66. The second-order valence-corrected chi connectivity index (χ2v) is 19.0. The molecule has 6 aliphatic carbocycles. The molecule has 6 saturated carbocycles. The van der Waals surface area contributed by atoms with Crippen molar-refractivity contribution in [3.8, 4) is 0 Å². The first kappa shape index (κ1) is 35.4. The number of hydrogen-bond donors (Lipinski definition) is 0. The Hall–Kier alpha value is -3.33. The van der Waals surface area contributed by atoms with Gasteiger partial charge in [0.2, 0.25) is 0 Å². The van der Waals surface area contributed by atoms with E-state index in [0.717, 1.165) is 75.7 Å². The lowest BCUT2D eigenvalue weighted by molar-refractivity contribution is -0.107. The van der Waals surface area contributed by atoms with E-state index in [1.165, 1.54) is 25.7 Å². The predicted molar refractivity (Wildman–Crippen MR) is 221 cm³/mol. The Labute approximate surface area is 320 Å². The first-order valence-corrected chi connectivity index (χ1v) is 20.8. The van der Waals surface area contributed by atoms with Gasteiger partial charge in [0.15, 0.2) is 6.71 Å². The molecule has 53 heavy (non-hydrogen) atoms. The molecular weight excluding hydrogens is 642 g/mol. The topological polar surface area (TPSA) is 18.5 Å². The molecule has 0 unspecified atom stereocenters. The van der Waals surface area contributed by atoms with Crippen molar-refractivity contribution in [2.24, 2.45) is 46.3 Å². The van der Waals surface area contributed by atoms with Crippen LogP contribution < -0.4 is 0 Å². The van der Waals surface area contributed by atoms with Crippen LogP contribution in [0.15, 0.2) is 133 Å². The zero-order valence-corrected chi connectivity index (χ0v) is 32.8. The van der Waals surface area contributed by atoms with E-state index < -0.39 is 18.3 Å². The molecule has 4 aromatic carbocycles. The van der Waals surface area contributed by atoms with Crippen LogP contribution in [0, 0.1) is 46.3 Å². The summed E-state index contributed by atoms with van der Waals surface area (Å²) in [5.41, 5.74) is 3.46. The number of benzene rings is 4. The van der Waals surface area contributed by atoms with Gasteiger partial charge in [-0.05, 0) is 81.4 Å². The summed E-state index contributed by atoms with van der Waals surface area (Å²) >= 11 is 0. The van der Waals surface area contributed by atoms with Crippen molar-refractivity contribution in [3.63, 3.8) is 0 Å². The molecule has 8 atom stereocenters. The molecule has 0 aromatic heterocycles. The van der Waals surface area contributed by atoms with Crippen LogP contribution in [0.25, 0.3) is 0 Å². The van der Waals surface area contributed by atoms with Crippen molar-refractivity contribution in [1.82, 2.24) is 0 Å². The molecular formula is C49H58B2O2. The number of rotatable bonds is 9. The molecule has 0 amide bonds. The van der Waals surface area contributed by atoms with Crippen molar-refractivity contribution in [2.75, 3.05) is 0 Å². The fraction of sp³-hybridized carbons (Fsp3) is 0.469. The SMILES string of the molecule is C[C@@H]1[C@H]2C[C@@H](C[C@H]1B(C/C=C\B1OC(c3ccccc3)(c3ccccc3)C(c3ccccc3)(c3ccccc3)O1)[C@@H]1C[C@@H]3C[C@H]([C@H]1C)C3(C)C)C2(C)C. The Morgan fingerprint density at radius 1 is 0.547 bits per heavy atom. The van der Waals surface area contributed by atoms with Gasteiger partial charge < -0.3 is 9.31 Å². The van der Waals surface area contributed by atoms with Gasteiger partial charge in [0, 0.05) is 0 Å². The summed E-state index contributed by atoms with van der Waals surface area (Å²) in [6, 6.07) is 43.2. The smallest absolute Gasteiger partial charge is 0.390 e. The quantitative estimate of drug-likeness (QED) is 0.162. The molecule has 7 fully saturated rings. The molecule has 1 saturated heterocycles. The van der Waals surface area contributed by atoms with Gasteiger partial charge in [0.05, 0.1) is 0 Å². The Bertz CT molecular complexity index is 1700. The molecule has 4 heteroatoms. The van der Waals surface area contributed by atoms with Crippen molar-refractivity contribution >= 4 is 13.8 Å². The highest BCUT2D eigenvalue weighted by Gasteiger charge is 2.66. The van der Waals surface area contributed by atoms with E-state index in [2.05, 4.69) is 175 Å². The fourth-order valence-corrected chi connectivity index (χ4v) is 13.3. The summed E-state index contributed by atoms with van der Waals surface area (Å²) in [5.74, 6) is 8.89. The summed E-state index contributed by atoms with van der Waals surface area (Å²) < 4.78 is 15.1. The highest BCUT2D eigenvalue weighted by atomic mass is 16.7. The van der Waals surface area contributed by atoms with Crippen LogP contribution in [0.4, 0.5) is 0 Å². The summed E-state index contributed by atoms with van der Waals surface area (Å²) in [6.07, 6.45) is 9.27. The van der Waals surface area contributed by atoms with Crippen LogP contribution in [0.3, 0.4) is 0 Å². The monoisotopic (exact) mass is 700 g/mol. The van der Waals surface area contributed by atoms with E-state index in [9.17, 15) is 0 Å². The molecule has 4 bridgehead atoms. The maximum Gasteiger partial charge on any atom is 0.487 e. The molecule has 1 heterocycles. The minimum atomic E-state index is -0.942. The maximum atomic E-state index is 7.55. The van der Waals surface area contributed by atoms with Crippen molar-refractivity contribution in [2.45, 2.75) is 96.4 Å².